The number of esters is 1. The molecule has 1 N–H and O–H groups in total. The highest BCUT2D eigenvalue weighted by Crippen LogP contribution is 2.28. The van der Waals surface area contributed by atoms with E-state index in [4.69, 9.17) is 4.74 Å². The molecule has 3 aromatic rings. The zero-order valence-electron chi connectivity index (χ0n) is 19.9. The third kappa shape index (κ3) is 5.46. The Morgan fingerprint density at radius 1 is 0.853 bits per heavy atom. The highest BCUT2D eigenvalue weighted by molar-refractivity contribution is 7.92. The van der Waals surface area contributed by atoms with E-state index < -0.39 is 28.4 Å². The third-order valence-electron chi connectivity index (χ3n) is 5.45. The fourth-order valence-corrected chi connectivity index (χ4v) is 5.03. The van der Waals surface area contributed by atoms with Crippen LogP contribution < -0.4 is 9.62 Å². The van der Waals surface area contributed by atoms with Gasteiger partial charge in [0.15, 0.2) is 0 Å². The molecule has 0 bridgehead atoms. The molecule has 0 aromatic heterocycles. The van der Waals surface area contributed by atoms with Crippen molar-refractivity contribution in [2.45, 2.75) is 32.6 Å². The highest BCUT2D eigenvalue weighted by Gasteiger charge is 2.28. The lowest BCUT2D eigenvalue weighted by Gasteiger charge is -2.26. The molecule has 8 heteroatoms. The van der Waals surface area contributed by atoms with Crippen molar-refractivity contribution in [2.75, 3.05) is 23.3 Å². The van der Waals surface area contributed by atoms with Gasteiger partial charge in [-0.05, 0) is 69.2 Å². The fourth-order valence-electron chi connectivity index (χ4n) is 3.54. The first kappa shape index (κ1) is 25.0. The monoisotopic (exact) mass is 480 g/mol. The summed E-state index contributed by atoms with van der Waals surface area (Å²) in [4.78, 5) is 25.0. The number of amides is 1. The Labute approximate surface area is 200 Å². The molecule has 0 fully saturated rings. The van der Waals surface area contributed by atoms with E-state index >= 15 is 0 Å². The number of anilines is 2. The summed E-state index contributed by atoms with van der Waals surface area (Å²) in [5, 5.41) is 2.74. The average molecular weight is 481 g/mol. The standard InChI is InChI=1S/C26H28N2O5S/c1-17-6-11-22(12-7-17)34(31,32)28(24-13-8-18(2)14-20(24)4)16-25(29)27-23-15-21(26(30)33-5)10-9-19(23)3/h6-15H,16H2,1-5H3,(H,27,29). The minimum absolute atomic E-state index is 0.0924. The highest BCUT2D eigenvalue weighted by atomic mass is 32.2. The van der Waals surface area contributed by atoms with Crippen LogP contribution in [0.2, 0.25) is 0 Å². The summed E-state index contributed by atoms with van der Waals surface area (Å²) < 4.78 is 33.1. The molecule has 0 aliphatic rings. The van der Waals surface area contributed by atoms with Crippen LogP contribution in [-0.2, 0) is 19.6 Å². The summed E-state index contributed by atoms with van der Waals surface area (Å²) in [7, 11) is -2.75. The van der Waals surface area contributed by atoms with E-state index in [1.807, 2.05) is 32.9 Å². The zero-order valence-corrected chi connectivity index (χ0v) is 20.7. The molecule has 0 saturated carbocycles. The second-order valence-electron chi connectivity index (χ2n) is 8.18. The molecule has 0 radical (unpaired) electrons. The van der Waals surface area contributed by atoms with Crippen LogP contribution in [0.5, 0.6) is 0 Å². The second-order valence-corrected chi connectivity index (χ2v) is 10.0. The maximum Gasteiger partial charge on any atom is 0.337 e. The van der Waals surface area contributed by atoms with Crippen molar-refractivity contribution in [2.24, 2.45) is 0 Å². The van der Waals surface area contributed by atoms with Gasteiger partial charge >= 0.3 is 5.97 Å². The zero-order chi connectivity index (χ0) is 25.0. The van der Waals surface area contributed by atoms with Gasteiger partial charge in [-0.2, -0.15) is 0 Å². The lowest BCUT2D eigenvalue weighted by molar-refractivity contribution is -0.114. The van der Waals surface area contributed by atoms with Gasteiger partial charge in [-0.25, -0.2) is 13.2 Å². The molecule has 3 aromatic carbocycles. The van der Waals surface area contributed by atoms with Crippen LogP contribution in [0, 0.1) is 27.7 Å². The summed E-state index contributed by atoms with van der Waals surface area (Å²) in [6, 6.07) is 16.7. The summed E-state index contributed by atoms with van der Waals surface area (Å²) in [5.41, 5.74) is 4.46. The number of methoxy groups -OCH3 is 1. The molecule has 0 aliphatic heterocycles. The lowest BCUT2D eigenvalue weighted by atomic mass is 10.1. The molecular formula is C26H28N2O5S. The molecule has 0 unspecified atom stereocenters. The third-order valence-corrected chi connectivity index (χ3v) is 7.22. The first-order chi connectivity index (χ1) is 16.0. The van der Waals surface area contributed by atoms with E-state index in [2.05, 4.69) is 5.32 Å². The van der Waals surface area contributed by atoms with Crippen LogP contribution in [0.4, 0.5) is 11.4 Å². The maximum atomic E-state index is 13.6. The van der Waals surface area contributed by atoms with Gasteiger partial charge in [-0.3, -0.25) is 9.10 Å². The Morgan fingerprint density at radius 3 is 2.12 bits per heavy atom. The number of hydrogen-bond acceptors (Lipinski definition) is 5. The lowest BCUT2D eigenvalue weighted by Crippen LogP contribution is -2.38. The van der Waals surface area contributed by atoms with Crippen LogP contribution >= 0.6 is 0 Å². The topological polar surface area (TPSA) is 92.8 Å². The molecule has 0 saturated heterocycles. The van der Waals surface area contributed by atoms with Crippen LogP contribution in [0.1, 0.15) is 32.6 Å². The van der Waals surface area contributed by atoms with E-state index in [9.17, 15) is 18.0 Å². The number of rotatable bonds is 7. The number of aryl methyl sites for hydroxylation is 4. The minimum atomic E-state index is -4.03. The van der Waals surface area contributed by atoms with Crippen molar-refractivity contribution < 1.29 is 22.7 Å². The van der Waals surface area contributed by atoms with Crippen LogP contribution in [0.15, 0.2) is 65.6 Å². The smallest absolute Gasteiger partial charge is 0.337 e. The Balaban J connectivity index is 1.99. The number of nitrogens with zero attached hydrogens (tertiary/aromatic N) is 1. The van der Waals surface area contributed by atoms with E-state index in [-0.39, 0.29) is 10.5 Å². The summed E-state index contributed by atoms with van der Waals surface area (Å²) >= 11 is 0. The van der Waals surface area contributed by atoms with Gasteiger partial charge in [-0.1, -0.05) is 41.5 Å². The van der Waals surface area contributed by atoms with Gasteiger partial charge in [0.2, 0.25) is 5.91 Å². The number of hydrogen-bond donors (Lipinski definition) is 1. The van der Waals surface area contributed by atoms with Gasteiger partial charge < -0.3 is 10.1 Å². The van der Waals surface area contributed by atoms with E-state index in [0.717, 1.165) is 26.6 Å². The normalized spacial score (nSPS) is 11.1. The molecule has 0 spiro atoms. The first-order valence-electron chi connectivity index (χ1n) is 10.7. The molecular weight excluding hydrogens is 452 g/mol. The molecule has 0 heterocycles. The van der Waals surface area contributed by atoms with Crippen molar-refractivity contribution in [1.29, 1.82) is 0 Å². The first-order valence-corrected chi connectivity index (χ1v) is 12.1. The number of sulfonamides is 1. The number of carbonyl (C=O) groups is 2. The van der Waals surface area contributed by atoms with Crippen molar-refractivity contribution in [1.82, 2.24) is 0 Å². The quantitative estimate of drug-likeness (QED) is 0.501. The summed E-state index contributed by atoms with van der Waals surface area (Å²) in [5.74, 6) is -1.07. The Bertz CT molecular complexity index is 1330. The SMILES string of the molecule is COC(=O)c1ccc(C)c(NC(=O)CN(c2ccc(C)cc2C)S(=O)(=O)c2ccc(C)cc2)c1. The molecule has 0 aliphatic carbocycles. The van der Waals surface area contributed by atoms with Gasteiger partial charge in [-0.15, -0.1) is 0 Å². The Hall–Kier alpha value is -3.65. The van der Waals surface area contributed by atoms with Crippen molar-refractivity contribution in [3.05, 3.63) is 88.5 Å². The van der Waals surface area contributed by atoms with Crippen molar-refractivity contribution in [3.63, 3.8) is 0 Å². The van der Waals surface area contributed by atoms with Gasteiger partial charge in [0.1, 0.15) is 6.54 Å². The summed E-state index contributed by atoms with van der Waals surface area (Å²) in [6.45, 7) is 6.93. The van der Waals surface area contributed by atoms with E-state index in [1.54, 1.807) is 37.3 Å². The van der Waals surface area contributed by atoms with Gasteiger partial charge in [0.05, 0.1) is 23.3 Å². The average Bonchev–Trinajstić information content (AvgIpc) is 2.79. The van der Waals surface area contributed by atoms with Crippen LogP contribution in [0.25, 0.3) is 0 Å². The van der Waals surface area contributed by atoms with E-state index in [0.29, 0.717) is 11.4 Å². The van der Waals surface area contributed by atoms with Gasteiger partial charge in [0.25, 0.3) is 10.0 Å². The van der Waals surface area contributed by atoms with Crippen LogP contribution in [0.3, 0.4) is 0 Å². The predicted molar refractivity (Wildman–Crippen MR) is 133 cm³/mol. The molecule has 1 amide bonds. The van der Waals surface area contributed by atoms with Crippen LogP contribution in [-0.4, -0.2) is 33.9 Å². The Kier molecular flexibility index (Phi) is 7.41. The van der Waals surface area contributed by atoms with Crippen molar-refractivity contribution >= 4 is 33.3 Å². The minimum Gasteiger partial charge on any atom is -0.465 e. The Morgan fingerprint density at radius 2 is 1.50 bits per heavy atom. The molecule has 3 rings (SSSR count). The molecule has 0 atom stereocenters. The predicted octanol–water partition coefficient (Wildman–Crippen LogP) is 4.54. The number of carbonyl (C=O) groups excluding carboxylic acids is 2. The fraction of sp³-hybridized carbons (Fsp3) is 0.231. The van der Waals surface area contributed by atoms with Gasteiger partial charge in [0, 0.05) is 5.69 Å². The second kappa shape index (κ2) is 10.1. The number of ether oxygens (including phenoxy) is 1. The molecule has 7 nitrogen and oxygen atoms in total. The van der Waals surface area contributed by atoms with E-state index in [1.165, 1.54) is 25.3 Å². The number of benzene rings is 3. The number of nitrogens with one attached hydrogen (secondary N) is 1. The molecule has 34 heavy (non-hydrogen) atoms. The molecule has 178 valence electrons. The maximum absolute atomic E-state index is 13.6. The largest absolute Gasteiger partial charge is 0.465 e. The van der Waals surface area contributed by atoms with Crippen molar-refractivity contribution in [3.8, 4) is 0 Å². The summed E-state index contributed by atoms with van der Waals surface area (Å²) in [6.07, 6.45) is 0.